The van der Waals surface area contributed by atoms with Crippen molar-refractivity contribution in [1.29, 1.82) is 0 Å². The van der Waals surface area contributed by atoms with Gasteiger partial charge in [-0.2, -0.15) is 4.37 Å². The maximum Gasteiger partial charge on any atom is 0.202 e. The zero-order chi connectivity index (χ0) is 16.2. The van der Waals surface area contributed by atoms with Crippen LogP contribution in [0.4, 0.5) is 5.13 Å². The average molecular weight is 339 g/mol. The van der Waals surface area contributed by atoms with Crippen LogP contribution in [-0.2, 0) is 6.42 Å². The van der Waals surface area contributed by atoms with E-state index in [4.69, 9.17) is 0 Å². The Morgan fingerprint density at radius 1 is 1.22 bits per heavy atom. The van der Waals surface area contributed by atoms with E-state index in [0.29, 0.717) is 18.0 Å². The summed E-state index contributed by atoms with van der Waals surface area (Å²) in [7, 11) is 0. The van der Waals surface area contributed by atoms with Gasteiger partial charge in [-0.25, -0.2) is 4.98 Å². The van der Waals surface area contributed by atoms with E-state index in [-0.39, 0.29) is 6.10 Å². The number of hydrogen-bond acceptors (Lipinski definition) is 6. The van der Waals surface area contributed by atoms with Gasteiger partial charge in [-0.15, -0.1) is 0 Å². The first-order valence-corrected chi connectivity index (χ1v) is 9.90. The van der Waals surface area contributed by atoms with Crippen LogP contribution in [0.1, 0.15) is 58.2 Å². The van der Waals surface area contributed by atoms with Crippen molar-refractivity contribution in [3.63, 3.8) is 0 Å². The lowest BCUT2D eigenvalue weighted by Gasteiger charge is -2.41. The first-order chi connectivity index (χ1) is 11.1. The van der Waals surface area contributed by atoms with Crippen LogP contribution >= 0.6 is 11.5 Å². The lowest BCUT2D eigenvalue weighted by molar-refractivity contribution is 0.00993. The minimum absolute atomic E-state index is 0.116. The summed E-state index contributed by atoms with van der Waals surface area (Å²) >= 11 is 1.49. The van der Waals surface area contributed by atoms with Crippen LogP contribution < -0.4 is 5.32 Å². The Bertz CT molecular complexity index is 485. The number of likely N-dealkylation sites (tertiary alicyclic amines) is 1. The van der Waals surface area contributed by atoms with Crippen molar-refractivity contribution in [2.75, 3.05) is 18.4 Å². The fraction of sp³-hybridized carbons (Fsp3) is 0.882. The third-order valence-corrected chi connectivity index (χ3v) is 5.76. The Morgan fingerprint density at radius 3 is 2.65 bits per heavy atom. The molecular weight excluding hydrogens is 308 g/mol. The van der Waals surface area contributed by atoms with Gasteiger partial charge < -0.3 is 10.4 Å². The van der Waals surface area contributed by atoms with Gasteiger partial charge in [0.05, 0.1) is 6.10 Å². The molecule has 2 heterocycles. The average Bonchev–Trinajstić information content (AvgIpc) is 2.95. The van der Waals surface area contributed by atoms with Crippen molar-refractivity contribution in [2.24, 2.45) is 5.92 Å². The van der Waals surface area contributed by atoms with Crippen LogP contribution in [0.2, 0.25) is 0 Å². The normalized spacial score (nSPS) is 27.5. The Morgan fingerprint density at radius 2 is 1.96 bits per heavy atom. The first kappa shape index (κ1) is 17.1. The zero-order valence-electron chi connectivity index (χ0n) is 14.4. The molecule has 2 atom stereocenters. The van der Waals surface area contributed by atoms with Crippen molar-refractivity contribution in [3.05, 3.63) is 5.82 Å². The number of aliphatic hydroxyl groups is 1. The molecule has 0 amide bonds. The second kappa shape index (κ2) is 7.90. The molecule has 5 nitrogen and oxygen atoms in total. The van der Waals surface area contributed by atoms with Gasteiger partial charge in [0.15, 0.2) is 0 Å². The van der Waals surface area contributed by atoms with Crippen LogP contribution in [-0.4, -0.2) is 50.6 Å². The van der Waals surface area contributed by atoms with E-state index in [1.54, 1.807) is 0 Å². The van der Waals surface area contributed by atoms with Gasteiger partial charge in [0.25, 0.3) is 0 Å². The molecule has 0 aromatic carbocycles. The van der Waals surface area contributed by atoms with Gasteiger partial charge in [-0.3, -0.25) is 4.90 Å². The molecule has 130 valence electrons. The molecule has 3 rings (SSSR count). The zero-order valence-corrected chi connectivity index (χ0v) is 15.2. The predicted molar refractivity (Wildman–Crippen MR) is 94.9 cm³/mol. The van der Waals surface area contributed by atoms with Crippen molar-refractivity contribution in [3.8, 4) is 0 Å². The van der Waals surface area contributed by atoms with Crippen molar-refractivity contribution in [1.82, 2.24) is 14.3 Å². The van der Waals surface area contributed by atoms with Gasteiger partial charge in [-0.05, 0) is 31.6 Å². The molecule has 2 fully saturated rings. The number of anilines is 1. The van der Waals surface area contributed by atoms with E-state index < -0.39 is 0 Å². The highest BCUT2D eigenvalue weighted by molar-refractivity contribution is 7.09. The van der Waals surface area contributed by atoms with Gasteiger partial charge in [-0.1, -0.05) is 26.7 Å². The second-order valence-corrected chi connectivity index (χ2v) is 8.24. The van der Waals surface area contributed by atoms with Crippen molar-refractivity contribution in [2.45, 2.75) is 77.0 Å². The topological polar surface area (TPSA) is 61.3 Å². The summed E-state index contributed by atoms with van der Waals surface area (Å²) in [6.45, 7) is 6.56. The monoisotopic (exact) mass is 338 g/mol. The summed E-state index contributed by atoms with van der Waals surface area (Å²) in [5.41, 5.74) is 0. The maximum atomic E-state index is 10.2. The lowest BCUT2D eigenvalue weighted by Crippen LogP contribution is -2.50. The molecule has 2 aliphatic rings. The molecule has 0 spiro atoms. The largest absolute Gasteiger partial charge is 0.391 e. The number of nitrogens with zero attached hydrogens (tertiary/aromatic N) is 3. The van der Waals surface area contributed by atoms with E-state index in [1.807, 2.05) is 0 Å². The minimum Gasteiger partial charge on any atom is -0.391 e. The molecule has 0 radical (unpaired) electrons. The van der Waals surface area contributed by atoms with Gasteiger partial charge in [0, 0.05) is 43.1 Å². The molecule has 0 bridgehead atoms. The molecule has 1 aromatic heterocycles. The fourth-order valence-corrected chi connectivity index (χ4v) is 4.50. The van der Waals surface area contributed by atoms with Gasteiger partial charge >= 0.3 is 0 Å². The highest BCUT2D eigenvalue weighted by Gasteiger charge is 2.31. The molecule has 1 aliphatic heterocycles. The Labute approximate surface area is 143 Å². The summed E-state index contributed by atoms with van der Waals surface area (Å²) < 4.78 is 4.44. The van der Waals surface area contributed by atoms with Gasteiger partial charge in [0.2, 0.25) is 5.13 Å². The number of hydrogen-bond donors (Lipinski definition) is 2. The smallest absolute Gasteiger partial charge is 0.202 e. The lowest BCUT2D eigenvalue weighted by atomic mass is 9.89. The van der Waals surface area contributed by atoms with Crippen LogP contribution in [0.3, 0.4) is 0 Å². The highest BCUT2D eigenvalue weighted by atomic mass is 32.1. The Hall–Kier alpha value is -0.720. The molecular formula is C17H30N4OS. The molecule has 23 heavy (non-hydrogen) atoms. The number of aliphatic hydroxyl groups excluding tert-OH is 1. The second-order valence-electron chi connectivity index (χ2n) is 7.49. The van der Waals surface area contributed by atoms with Crippen LogP contribution in [0, 0.1) is 5.92 Å². The highest BCUT2D eigenvalue weighted by Crippen LogP contribution is 2.27. The van der Waals surface area contributed by atoms with Crippen LogP contribution in [0.5, 0.6) is 0 Å². The van der Waals surface area contributed by atoms with Gasteiger partial charge in [0.1, 0.15) is 5.82 Å². The minimum atomic E-state index is -0.116. The maximum absolute atomic E-state index is 10.2. The fourth-order valence-electron chi connectivity index (χ4n) is 3.83. The summed E-state index contributed by atoms with van der Waals surface area (Å²) in [6.07, 6.45) is 7.69. The summed E-state index contributed by atoms with van der Waals surface area (Å²) in [5, 5.41) is 14.8. The molecule has 1 saturated heterocycles. The SMILES string of the molecule is CC(C)Cc1nsc(NC2CCN([C@@H]3CCCC[C@H]3O)CC2)n1. The van der Waals surface area contributed by atoms with E-state index in [1.165, 1.54) is 24.4 Å². The van der Waals surface area contributed by atoms with Crippen LogP contribution in [0.15, 0.2) is 0 Å². The third-order valence-electron chi connectivity index (χ3n) is 5.08. The quantitative estimate of drug-likeness (QED) is 0.864. The molecule has 2 N–H and O–H groups in total. The summed E-state index contributed by atoms with van der Waals surface area (Å²) in [5.74, 6) is 1.57. The van der Waals surface area contributed by atoms with E-state index >= 15 is 0 Å². The molecule has 0 unspecified atom stereocenters. The molecule has 1 saturated carbocycles. The number of piperidine rings is 1. The predicted octanol–water partition coefficient (Wildman–Crippen LogP) is 2.92. The van der Waals surface area contributed by atoms with E-state index in [2.05, 4.69) is 33.4 Å². The molecule has 1 aromatic rings. The van der Waals surface area contributed by atoms with Crippen LogP contribution in [0.25, 0.3) is 0 Å². The third kappa shape index (κ3) is 4.64. The number of nitrogens with one attached hydrogen (secondary N) is 1. The summed E-state index contributed by atoms with van der Waals surface area (Å²) in [4.78, 5) is 7.11. The first-order valence-electron chi connectivity index (χ1n) is 9.13. The Balaban J connectivity index is 1.46. The van der Waals surface area contributed by atoms with E-state index in [0.717, 1.165) is 56.1 Å². The van der Waals surface area contributed by atoms with Crippen molar-refractivity contribution >= 4 is 16.7 Å². The summed E-state index contributed by atoms with van der Waals surface area (Å²) in [6, 6.07) is 0.885. The number of rotatable bonds is 5. The molecule has 1 aliphatic carbocycles. The standard InChI is InChI=1S/C17H30N4OS/c1-12(2)11-16-19-17(23-20-16)18-13-7-9-21(10-8-13)14-5-3-4-6-15(14)22/h12-15,22H,3-11H2,1-2H3,(H,18,19,20)/t14-,15-/m1/s1. The number of aromatic nitrogens is 2. The van der Waals surface area contributed by atoms with E-state index in [9.17, 15) is 5.11 Å². The Kier molecular flexibility index (Phi) is 5.88. The van der Waals surface area contributed by atoms with Crippen molar-refractivity contribution < 1.29 is 5.11 Å². The molecule has 6 heteroatoms.